The highest BCUT2D eigenvalue weighted by Crippen LogP contribution is 1.73. The summed E-state index contributed by atoms with van der Waals surface area (Å²) >= 11 is -1.99. The highest BCUT2D eigenvalue weighted by atomic mass is 32.2. The van der Waals surface area contributed by atoms with Crippen LogP contribution in [0.1, 0.15) is 0 Å². The second kappa shape index (κ2) is 3.93. The summed E-state index contributed by atoms with van der Waals surface area (Å²) in [4.78, 5) is 0. The first-order valence-corrected chi connectivity index (χ1v) is 3.04. The molecule has 0 saturated carbocycles. The van der Waals surface area contributed by atoms with Crippen LogP contribution in [0.5, 0.6) is 0 Å². The molecule has 5 nitrogen and oxygen atoms in total. The Morgan fingerprint density at radius 2 is 1.88 bits per heavy atom. The van der Waals surface area contributed by atoms with Gasteiger partial charge >= 0.3 is 0 Å². The van der Waals surface area contributed by atoms with Crippen molar-refractivity contribution < 1.29 is 8.76 Å². The SMILES string of the molecule is CNN(NC)S(=O)O. The van der Waals surface area contributed by atoms with Crippen molar-refractivity contribution in [3.63, 3.8) is 0 Å². The number of rotatable bonds is 3. The van der Waals surface area contributed by atoms with Crippen molar-refractivity contribution in [3.8, 4) is 0 Å². The topological polar surface area (TPSA) is 64.6 Å². The van der Waals surface area contributed by atoms with E-state index in [1.807, 2.05) is 0 Å². The zero-order valence-electron chi connectivity index (χ0n) is 4.71. The van der Waals surface area contributed by atoms with E-state index >= 15 is 0 Å². The first-order valence-electron chi connectivity index (χ1n) is 1.98. The number of hydrogen-bond acceptors (Lipinski definition) is 3. The number of nitrogens with one attached hydrogen (secondary N) is 2. The van der Waals surface area contributed by atoms with Crippen LogP contribution in [0.15, 0.2) is 0 Å². The minimum Gasteiger partial charge on any atom is -0.292 e. The molecule has 0 heterocycles. The van der Waals surface area contributed by atoms with Gasteiger partial charge in [-0.15, -0.1) is 0 Å². The Kier molecular flexibility index (Phi) is 3.92. The average molecular weight is 139 g/mol. The molecule has 0 bridgehead atoms. The molecule has 0 aliphatic rings. The van der Waals surface area contributed by atoms with Crippen molar-refractivity contribution in [1.82, 2.24) is 15.4 Å². The summed E-state index contributed by atoms with van der Waals surface area (Å²) in [6, 6.07) is 0. The van der Waals surface area contributed by atoms with Crippen LogP contribution in [-0.4, -0.2) is 27.4 Å². The molecule has 0 spiro atoms. The molecule has 1 unspecified atom stereocenters. The van der Waals surface area contributed by atoms with Gasteiger partial charge in [-0.05, 0) is 0 Å². The van der Waals surface area contributed by atoms with E-state index in [-0.39, 0.29) is 0 Å². The lowest BCUT2D eigenvalue weighted by atomic mass is 11.4. The van der Waals surface area contributed by atoms with Crippen molar-refractivity contribution >= 4 is 11.3 Å². The summed E-state index contributed by atoms with van der Waals surface area (Å²) in [6.45, 7) is 0. The molecule has 6 heteroatoms. The van der Waals surface area contributed by atoms with Gasteiger partial charge in [0.25, 0.3) is 11.3 Å². The normalized spacial score (nSPS) is 14.5. The van der Waals surface area contributed by atoms with E-state index in [1.165, 1.54) is 14.1 Å². The van der Waals surface area contributed by atoms with Gasteiger partial charge in [0.1, 0.15) is 0 Å². The third-order valence-corrected chi connectivity index (χ3v) is 1.24. The highest BCUT2D eigenvalue weighted by Gasteiger charge is 2.01. The largest absolute Gasteiger partial charge is 0.292 e. The molecule has 0 aliphatic carbocycles. The van der Waals surface area contributed by atoms with Crippen LogP contribution in [0.25, 0.3) is 0 Å². The summed E-state index contributed by atoms with van der Waals surface area (Å²) < 4.78 is 19.3. The van der Waals surface area contributed by atoms with E-state index < -0.39 is 11.3 Å². The maximum Gasteiger partial charge on any atom is 0.263 e. The molecule has 0 aliphatic heterocycles. The monoisotopic (exact) mass is 139 g/mol. The zero-order valence-corrected chi connectivity index (χ0v) is 5.53. The second-order valence-corrected chi connectivity index (χ2v) is 1.80. The Labute approximate surface area is 50.4 Å². The maximum atomic E-state index is 10.1. The van der Waals surface area contributed by atoms with Gasteiger partial charge in [0.15, 0.2) is 0 Å². The molecule has 0 saturated heterocycles. The number of nitrogens with zero attached hydrogens (tertiary/aromatic N) is 1. The minimum absolute atomic E-state index is 0.944. The number of hydrazine groups is 2. The number of hydrogen-bond donors (Lipinski definition) is 3. The van der Waals surface area contributed by atoms with Gasteiger partial charge < -0.3 is 0 Å². The predicted octanol–water partition coefficient (Wildman–Crippen LogP) is -1.31. The van der Waals surface area contributed by atoms with Gasteiger partial charge in [-0.3, -0.25) is 4.55 Å². The van der Waals surface area contributed by atoms with Crippen molar-refractivity contribution in [1.29, 1.82) is 0 Å². The molecular weight excluding hydrogens is 130 g/mol. The van der Waals surface area contributed by atoms with Crippen LogP contribution in [0, 0.1) is 0 Å². The molecule has 1 atom stereocenters. The molecular formula is C2H9N3O2S. The Bertz CT molecular complexity index is 83.4. The van der Waals surface area contributed by atoms with Gasteiger partial charge in [-0.2, -0.15) is 0 Å². The third kappa shape index (κ3) is 2.34. The van der Waals surface area contributed by atoms with Crippen LogP contribution >= 0.6 is 0 Å². The first-order chi connectivity index (χ1) is 3.72. The fourth-order valence-corrected chi connectivity index (χ4v) is 0.580. The highest BCUT2D eigenvalue weighted by molar-refractivity contribution is 7.76. The molecule has 0 rings (SSSR count). The minimum atomic E-state index is -1.99. The van der Waals surface area contributed by atoms with Crippen LogP contribution in [0.3, 0.4) is 0 Å². The van der Waals surface area contributed by atoms with Crippen LogP contribution in [0.4, 0.5) is 0 Å². The predicted molar refractivity (Wildman–Crippen MR) is 30.7 cm³/mol. The average Bonchev–Trinajstić information content (AvgIpc) is 1.69. The lowest BCUT2D eigenvalue weighted by Crippen LogP contribution is -2.44. The molecule has 0 aromatic heterocycles. The fourth-order valence-electron chi connectivity index (χ4n) is 0.268. The Morgan fingerprint density at radius 1 is 1.50 bits per heavy atom. The van der Waals surface area contributed by atoms with Crippen molar-refractivity contribution in [2.45, 2.75) is 0 Å². The van der Waals surface area contributed by atoms with E-state index in [0.29, 0.717) is 0 Å². The second-order valence-electron chi connectivity index (χ2n) is 0.972. The molecule has 0 aromatic rings. The molecule has 0 amide bonds. The maximum absolute atomic E-state index is 10.1. The lowest BCUT2D eigenvalue weighted by Gasteiger charge is -2.12. The molecule has 0 fully saturated rings. The summed E-state index contributed by atoms with van der Waals surface area (Å²) in [5.74, 6) is 0. The van der Waals surface area contributed by atoms with Gasteiger partial charge in [0.05, 0.1) is 0 Å². The van der Waals surface area contributed by atoms with Gasteiger partial charge in [-0.25, -0.2) is 15.1 Å². The molecule has 0 radical (unpaired) electrons. The Hall–Kier alpha value is -0.0100. The summed E-state index contributed by atoms with van der Waals surface area (Å²) in [5, 5.41) is 0. The van der Waals surface area contributed by atoms with E-state index in [1.54, 1.807) is 0 Å². The molecule has 8 heavy (non-hydrogen) atoms. The summed E-state index contributed by atoms with van der Waals surface area (Å²) in [5.41, 5.74) is 4.85. The van der Waals surface area contributed by atoms with Gasteiger partial charge in [0, 0.05) is 14.1 Å². The van der Waals surface area contributed by atoms with Gasteiger partial charge in [0.2, 0.25) is 0 Å². The van der Waals surface area contributed by atoms with Crippen LogP contribution in [-0.2, 0) is 11.3 Å². The fraction of sp³-hybridized carbons (Fsp3) is 1.00. The molecule has 50 valence electrons. The van der Waals surface area contributed by atoms with Crippen molar-refractivity contribution in [3.05, 3.63) is 0 Å². The molecule has 0 aromatic carbocycles. The lowest BCUT2D eigenvalue weighted by molar-refractivity contribution is 0.272. The van der Waals surface area contributed by atoms with Crippen LogP contribution < -0.4 is 10.9 Å². The summed E-state index contributed by atoms with van der Waals surface area (Å²) in [7, 11) is 3.06. The van der Waals surface area contributed by atoms with E-state index in [0.717, 1.165) is 4.52 Å². The van der Waals surface area contributed by atoms with Gasteiger partial charge in [-0.1, -0.05) is 4.52 Å². The van der Waals surface area contributed by atoms with E-state index in [4.69, 9.17) is 4.55 Å². The van der Waals surface area contributed by atoms with Crippen molar-refractivity contribution in [2.75, 3.05) is 14.1 Å². The Balaban J connectivity index is 3.52. The third-order valence-electron chi connectivity index (χ3n) is 0.562. The van der Waals surface area contributed by atoms with E-state index in [2.05, 4.69) is 10.9 Å². The van der Waals surface area contributed by atoms with E-state index in [9.17, 15) is 4.21 Å². The first kappa shape index (κ1) is 7.99. The zero-order chi connectivity index (χ0) is 6.57. The Morgan fingerprint density at radius 3 is 1.88 bits per heavy atom. The van der Waals surface area contributed by atoms with Crippen molar-refractivity contribution in [2.24, 2.45) is 0 Å². The summed E-state index contributed by atoms with van der Waals surface area (Å²) in [6.07, 6.45) is 0. The molecule has 3 N–H and O–H groups in total. The standard InChI is InChI=1S/C2H9N3O2S/c1-3-5(4-2)8(6)7/h3-4H,1-2H3,(H,6,7). The smallest absolute Gasteiger partial charge is 0.263 e. The van der Waals surface area contributed by atoms with Crippen LogP contribution in [0.2, 0.25) is 0 Å². The quantitative estimate of drug-likeness (QED) is 0.336.